The molecule has 0 unspecified atom stereocenters. The highest BCUT2D eigenvalue weighted by Crippen LogP contribution is 2.39. The van der Waals surface area contributed by atoms with Crippen molar-refractivity contribution in [2.45, 2.75) is 324 Å². The Bertz CT molecular complexity index is 911. The number of rotatable bonds is 45. The van der Waals surface area contributed by atoms with Crippen LogP contribution in [-0.4, -0.2) is 5.11 Å². The Morgan fingerprint density at radius 1 is 0.193 bits per heavy atom. The molecule has 1 N–H and O–H groups in total. The van der Waals surface area contributed by atoms with E-state index >= 15 is 0 Å². The number of aromatic hydroxyl groups is 1. The summed E-state index contributed by atoms with van der Waals surface area (Å²) in [6, 6.07) is 0. The molecule has 0 saturated heterocycles. The molecule has 0 aliphatic rings. The monoisotopic (exact) mass is 795 g/mol. The Hall–Kier alpha value is -0.980. The highest BCUT2D eigenvalue weighted by Gasteiger charge is 2.23. The fourth-order valence-corrected chi connectivity index (χ4v) is 9.64. The summed E-state index contributed by atoms with van der Waals surface area (Å²) in [4.78, 5) is 0. The summed E-state index contributed by atoms with van der Waals surface area (Å²) in [5.41, 5.74) is 7.84. The Kier molecular flexibility index (Phi) is 39.6. The van der Waals surface area contributed by atoms with Gasteiger partial charge < -0.3 is 5.11 Å². The van der Waals surface area contributed by atoms with Crippen molar-refractivity contribution < 1.29 is 5.11 Å². The summed E-state index contributed by atoms with van der Waals surface area (Å²) in [6.45, 7) is 11.6. The van der Waals surface area contributed by atoms with Crippen LogP contribution < -0.4 is 0 Å². The largest absolute Gasteiger partial charge is 0.507 e. The van der Waals surface area contributed by atoms with E-state index < -0.39 is 0 Å². The summed E-state index contributed by atoms with van der Waals surface area (Å²) in [6.07, 6.45) is 60.7. The molecule has 336 valence electrons. The Labute approximate surface area is 360 Å². The molecule has 1 nitrogen and oxygen atoms in total. The summed E-state index contributed by atoms with van der Waals surface area (Å²) < 4.78 is 0. The zero-order valence-electron chi connectivity index (χ0n) is 40.3. The van der Waals surface area contributed by atoms with Gasteiger partial charge in [0.1, 0.15) is 5.75 Å². The van der Waals surface area contributed by atoms with Crippen LogP contribution in [0.25, 0.3) is 0 Å². The van der Waals surface area contributed by atoms with Crippen molar-refractivity contribution in [3.63, 3.8) is 0 Å². The maximum absolute atomic E-state index is 12.5. The van der Waals surface area contributed by atoms with Gasteiger partial charge in [0.25, 0.3) is 0 Å². The van der Waals surface area contributed by atoms with Gasteiger partial charge >= 0.3 is 0 Å². The average molecular weight is 795 g/mol. The minimum atomic E-state index is 0.768. The number of benzene rings is 1. The molecule has 0 radical (unpaired) electrons. The van der Waals surface area contributed by atoms with Gasteiger partial charge in [-0.1, -0.05) is 259 Å². The highest BCUT2D eigenvalue weighted by molar-refractivity contribution is 5.56. The lowest BCUT2D eigenvalue weighted by molar-refractivity contribution is 0.452. The lowest BCUT2D eigenvalue weighted by atomic mass is 9.80. The van der Waals surface area contributed by atoms with Gasteiger partial charge in [-0.2, -0.15) is 0 Å². The predicted octanol–water partition coefficient (Wildman–Crippen LogP) is 19.8. The molecular formula is C56H106O. The highest BCUT2D eigenvalue weighted by atomic mass is 16.3. The molecule has 0 saturated carbocycles. The average Bonchev–Trinajstić information content (AvgIpc) is 3.22. The van der Waals surface area contributed by atoms with E-state index in [-0.39, 0.29) is 0 Å². The predicted molar refractivity (Wildman–Crippen MR) is 260 cm³/mol. The fourth-order valence-electron chi connectivity index (χ4n) is 9.64. The molecule has 0 amide bonds. The third-order valence-electron chi connectivity index (χ3n) is 13.4. The smallest absolute Gasteiger partial charge is 0.122 e. The van der Waals surface area contributed by atoms with Crippen LogP contribution in [0.5, 0.6) is 5.75 Å². The van der Waals surface area contributed by atoms with Crippen LogP contribution in [-0.2, 0) is 32.1 Å². The van der Waals surface area contributed by atoms with E-state index in [0.717, 1.165) is 18.6 Å². The van der Waals surface area contributed by atoms with E-state index in [0.29, 0.717) is 0 Å². The molecule has 1 heteroatoms. The molecule has 0 aromatic heterocycles. The van der Waals surface area contributed by atoms with E-state index in [4.69, 9.17) is 0 Å². The first-order chi connectivity index (χ1) is 28.2. The minimum absolute atomic E-state index is 0.768. The molecule has 1 aromatic rings. The first-order valence-corrected chi connectivity index (χ1v) is 27.0. The molecule has 0 bridgehead atoms. The van der Waals surface area contributed by atoms with E-state index in [2.05, 4.69) is 34.6 Å². The topological polar surface area (TPSA) is 20.2 Å². The SMILES string of the molecule is CCCCCCCCCCc1c(O)c(CCCCCCCCCC)c(CCCCCCCCCC)c(CCCCCCCCCC)c1CCCCCCCCCC. The first-order valence-electron chi connectivity index (χ1n) is 27.0. The Balaban J connectivity index is 3.38. The lowest BCUT2D eigenvalue weighted by Gasteiger charge is -2.25. The van der Waals surface area contributed by atoms with Gasteiger partial charge in [0.2, 0.25) is 0 Å². The Morgan fingerprint density at radius 2 is 0.333 bits per heavy atom. The minimum Gasteiger partial charge on any atom is -0.507 e. The van der Waals surface area contributed by atoms with Crippen molar-refractivity contribution in [2.75, 3.05) is 0 Å². The fraction of sp³-hybridized carbons (Fsp3) is 0.893. The van der Waals surface area contributed by atoms with E-state index in [1.807, 2.05) is 0 Å². The van der Waals surface area contributed by atoms with Gasteiger partial charge in [-0.25, -0.2) is 0 Å². The van der Waals surface area contributed by atoms with Crippen molar-refractivity contribution in [1.29, 1.82) is 0 Å². The first kappa shape index (κ1) is 54.0. The molecule has 0 aliphatic heterocycles. The summed E-state index contributed by atoms with van der Waals surface area (Å²) >= 11 is 0. The van der Waals surface area contributed by atoms with Gasteiger partial charge in [0.05, 0.1) is 0 Å². The molecule has 0 atom stereocenters. The van der Waals surface area contributed by atoms with Gasteiger partial charge in [-0.3, -0.25) is 0 Å². The molecule has 1 rings (SSSR count). The third-order valence-corrected chi connectivity index (χ3v) is 13.4. The van der Waals surface area contributed by atoms with Crippen molar-refractivity contribution in [3.05, 3.63) is 27.8 Å². The summed E-state index contributed by atoms with van der Waals surface area (Å²) in [5, 5.41) is 12.5. The number of unbranched alkanes of at least 4 members (excludes halogenated alkanes) is 35. The van der Waals surface area contributed by atoms with Crippen molar-refractivity contribution >= 4 is 0 Å². The maximum atomic E-state index is 12.5. The van der Waals surface area contributed by atoms with Crippen LogP contribution >= 0.6 is 0 Å². The molecular weight excluding hydrogens is 689 g/mol. The van der Waals surface area contributed by atoms with E-state index in [9.17, 15) is 5.11 Å². The van der Waals surface area contributed by atoms with E-state index in [1.165, 1.54) is 287 Å². The summed E-state index contributed by atoms with van der Waals surface area (Å²) in [5.74, 6) is 0.768. The normalized spacial score (nSPS) is 11.7. The molecule has 0 spiro atoms. The van der Waals surface area contributed by atoms with Crippen LogP contribution in [0, 0.1) is 0 Å². The maximum Gasteiger partial charge on any atom is 0.122 e. The van der Waals surface area contributed by atoms with Crippen molar-refractivity contribution in [2.24, 2.45) is 0 Å². The van der Waals surface area contributed by atoms with Gasteiger partial charge in [-0.15, -0.1) is 0 Å². The zero-order chi connectivity index (χ0) is 41.3. The lowest BCUT2D eigenvalue weighted by Crippen LogP contribution is -2.11. The van der Waals surface area contributed by atoms with Crippen molar-refractivity contribution in [3.8, 4) is 5.75 Å². The second-order valence-corrected chi connectivity index (χ2v) is 18.9. The molecule has 1 aromatic carbocycles. The van der Waals surface area contributed by atoms with Gasteiger partial charge in [-0.05, 0) is 92.0 Å². The zero-order valence-corrected chi connectivity index (χ0v) is 40.3. The van der Waals surface area contributed by atoms with Crippen molar-refractivity contribution in [1.82, 2.24) is 0 Å². The van der Waals surface area contributed by atoms with Crippen LogP contribution in [0.3, 0.4) is 0 Å². The second kappa shape index (κ2) is 41.7. The van der Waals surface area contributed by atoms with Crippen LogP contribution in [0.4, 0.5) is 0 Å². The quantitative estimate of drug-likeness (QED) is 0.0652. The number of hydrogen-bond acceptors (Lipinski definition) is 1. The molecule has 0 fully saturated rings. The number of phenols is 1. The van der Waals surface area contributed by atoms with Crippen LogP contribution in [0.2, 0.25) is 0 Å². The number of phenolic OH excluding ortho intramolecular Hbond substituents is 1. The third kappa shape index (κ3) is 29.0. The molecule has 57 heavy (non-hydrogen) atoms. The second-order valence-electron chi connectivity index (χ2n) is 18.9. The van der Waals surface area contributed by atoms with Crippen LogP contribution in [0.15, 0.2) is 0 Å². The summed E-state index contributed by atoms with van der Waals surface area (Å²) in [7, 11) is 0. The van der Waals surface area contributed by atoms with Gasteiger partial charge in [0, 0.05) is 0 Å². The Morgan fingerprint density at radius 3 is 0.526 bits per heavy atom. The van der Waals surface area contributed by atoms with Crippen LogP contribution in [0.1, 0.15) is 319 Å². The van der Waals surface area contributed by atoms with Gasteiger partial charge in [0.15, 0.2) is 0 Å². The molecule has 0 heterocycles. The van der Waals surface area contributed by atoms with E-state index in [1.54, 1.807) is 16.7 Å². The standard InChI is InChI=1S/C56H106O/c1-6-11-16-21-26-31-36-41-46-51-52(47-42-37-32-27-22-17-12-7-2)54(49-44-39-34-29-24-19-14-9-4)56(57)55(50-45-40-35-30-25-20-15-10-5)53(51)48-43-38-33-28-23-18-13-8-3/h57H,6-50H2,1-5H3. The number of hydrogen-bond donors (Lipinski definition) is 1. The molecule has 0 aliphatic carbocycles.